The highest BCUT2D eigenvalue weighted by molar-refractivity contribution is 5.05. The predicted molar refractivity (Wildman–Crippen MR) is 72.9 cm³/mol. The van der Waals surface area contributed by atoms with Gasteiger partial charge in [-0.2, -0.15) is 5.10 Å². The Labute approximate surface area is 110 Å². The summed E-state index contributed by atoms with van der Waals surface area (Å²) in [6.07, 6.45) is 10.5. The van der Waals surface area contributed by atoms with Crippen LogP contribution in [0.15, 0.2) is 12.4 Å². The summed E-state index contributed by atoms with van der Waals surface area (Å²) < 4.78 is 1.75. The number of rotatable bonds is 7. The van der Waals surface area contributed by atoms with E-state index in [4.69, 9.17) is 6.42 Å². The number of aromatic nitrogens is 2. The van der Waals surface area contributed by atoms with Crippen LogP contribution in [0.1, 0.15) is 32.3 Å². The fraction of sp³-hybridized carbons (Fsp3) is 0.643. The van der Waals surface area contributed by atoms with Crippen molar-refractivity contribution in [2.45, 2.75) is 45.4 Å². The summed E-state index contributed by atoms with van der Waals surface area (Å²) in [7, 11) is 2.01. The molecule has 4 heteroatoms. The molecule has 1 aromatic rings. The molecular weight excluding hydrogens is 226 g/mol. The molecule has 0 atom stereocenters. The Hall–Kier alpha value is -1.31. The highest BCUT2D eigenvalue weighted by atomic mass is 16.3. The molecular formula is C14H23N3O. The van der Waals surface area contributed by atoms with E-state index in [0.717, 1.165) is 24.9 Å². The summed E-state index contributed by atoms with van der Waals surface area (Å²) in [4.78, 5) is 2.12. The molecule has 18 heavy (non-hydrogen) atoms. The Kier molecular flexibility index (Phi) is 5.39. The Bertz CT molecular complexity index is 401. The molecule has 1 N–H and O–H groups in total. The van der Waals surface area contributed by atoms with Crippen molar-refractivity contribution >= 4 is 0 Å². The van der Waals surface area contributed by atoms with Crippen LogP contribution in [0.25, 0.3) is 0 Å². The van der Waals surface area contributed by atoms with Gasteiger partial charge in [0.1, 0.15) is 6.54 Å². The topological polar surface area (TPSA) is 41.3 Å². The van der Waals surface area contributed by atoms with E-state index in [1.807, 2.05) is 33.3 Å². The van der Waals surface area contributed by atoms with Crippen LogP contribution in [0.5, 0.6) is 0 Å². The first-order chi connectivity index (χ1) is 8.53. The average molecular weight is 249 g/mol. The third-order valence-corrected chi connectivity index (χ3v) is 3.27. The monoisotopic (exact) mass is 249 g/mol. The van der Waals surface area contributed by atoms with Crippen molar-refractivity contribution in [3.05, 3.63) is 18.0 Å². The lowest BCUT2D eigenvalue weighted by molar-refractivity contribution is 0.00130. The van der Waals surface area contributed by atoms with Crippen LogP contribution in [0, 0.1) is 12.3 Å². The first-order valence-electron chi connectivity index (χ1n) is 6.38. The number of aliphatic hydroxyl groups is 1. The van der Waals surface area contributed by atoms with Gasteiger partial charge >= 0.3 is 0 Å². The van der Waals surface area contributed by atoms with E-state index in [0.29, 0.717) is 13.1 Å². The van der Waals surface area contributed by atoms with E-state index in [1.165, 1.54) is 0 Å². The molecule has 0 aliphatic rings. The fourth-order valence-electron chi connectivity index (χ4n) is 2.01. The second-order valence-corrected chi connectivity index (χ2v) is 4.85. The van der Waals surface area contributed by atoms with Crippen molar-refractivity contribution in [1.82, 2.24) is 14.7 Å². The van der Waals surface area contributed by atoms with Crippen LogP contribution in [0.2, 0.25) is 0 Å². The highest BCUT2D eigenvalue weighted by Gasteiger charge is 2.24. The fourth-order valence-corrected chi connectivity index (χ4v) is 2.01. The number of terminal acetylenes is 1. The molecule has 4 nitrogen and oxygen atoms in total. The third-order valence-electron chi connectivity index (χ3n) is 3.27. The first-order valence-corrected chi connectivity index (χ1v) is 6.38. The van der Waals surface area contributed by atoms with E-state index in [9.17, 15) is 5.11 Å². The molecule has 100 valence electrons. The summed E-state index contributed by atoms with van der Waals surface area (Å²) in [6.45, 7) is 5.97. The van der Waals surface area contributed by atoms with Gasteiger partial charge in [0.25, 0.3) is 0 Å². The second-order valence-electron chi connectivity index (χ2n) is 4.85. The van der Waals surface area contributed by atoms with Crippen molar-refractivity contribution in [2.75, 3.05) is 13.6 Å². The van der Waals surface area contributed by atoms with Gasteiger partial charge < -0.3 is 5.11 Å². The maximum atomic E-state index is 10.3. The normalized spacial score (nSPS) is 11.8. The number of nitrogens with zero attached hydrogens (tertiary/aromatic N) is 3. The van der Waals surface area contributed by atoms with Gasteiger partial charge in [0.05, 0.1) is 11.8 Å². The van der Waals surface area contributed by atoms with Gasteiger partial charge in [0.2, 0.25) is 0 Å². The van der Waals surface area contributed by atoms with Crippen LogP contribution in [-0.4, -0.2) is 39.0 Å². The van der Waals surface area contributed by atoms with Gasteiger partial charge in [-0.3, -0.25) is 9.58 Å². The SMILES string of the molecule is C#CCn1cc(CN(C)CC(O)(CC)CC)cn1. The maximum absolute atomic E-state index is 10.3. The van der Waals surface area contributed by atoms with Crippen LogP contribution in [-0.2, 0) is 13.1 Å². The zero-order valence-corrected chi connectivity index (χ0v) is 11.6. The quantitative estimate of drug-likeness (QED) is 0.745. The van der Waals surface area contributed by atoms with Crippen LogP contribution in [0.4, 0.5) is 0 Å². The molecule has 0 aliphatic heterocycles. The zero-order chi connectivity index (χ0) is 13.6. The number of hydrogen-bond donors (Lipinski definition) is 1. The summed E-state index contributed by atoms with van der Waals surface area (Å²) >= 11 is 0. The van der Waals surface area contributed by atoms with Crippen LogP contribution < -0.4 is 0 Å². The van der Waals surface area contributed by atoms with E-state index in [-0.39, 0.29) is 0 Å². The average Bonchev–Trinajstić information content (AvgIpc) is 2.76. The molecule has 0 aliphatic carbocycles. The molecule has 0 radical (unpaired) electrons. The molecule has 0 bridgehead atoms. The molecule has 0 saturated carbocycles. The van der Waals surface area contributed by atoms with Crippen molar-refractivity contribution in [3.63, 3.8) is 0 Å². The Morgan fingerprint density at radius 3 is 2.72 bits per heavy atom. The predicted octanol–water partition coefficient (Wildman–Crippen LogP) is 1.50. The summed E-state index contributed by atoms with van der Waals surface area (Å²) in [5, 5.41) is 14.5. The molecule has 1 aromatic heterocycles. The summed E-state index contributed by atoms with van der Waals surface area (Å²) in [6, 6.07) is 0. The Balaban J connectivity index is 2.53. The van der Waals surface area contributed by atoms with Gasteiger partial charge in [0, 0.05) is 24.8 Å². The van der Waals surface area contributed by atoms with E-state index >= 15 is 0 Å². The second kappa shape index (κ2) is 6.58. The van der Waals surface area contributed by atoms with Gasteiger partial charge in [-0.1, -0.05) is 19.8 Å². The lowest BCUT2D eigenvalue weighted by atomic mass is 9.97. The third kappa shape index (κ3) is 4.17. The van der Waals surface area contributed by atoms with Crippen molar-refractivity contribution in [3.8, 4) is 12.3 Å². The van der Waals surface area contributed by atoms with E-state index in [1.54, 1.807) is 4.68 Å². The minimum absolute atomic E-state index is 0.498. The smallest absolute Gasteiger partial charge is 0.101 e. The standard InChI is InChI=1S/C14H23N3O/c1-5-8-17-11-13(9-15-17)10-16(4)12-14(18,6-2)7-3/h1,9,11,18H,6-8,10,12H2,2-4H3. The lowest BCUT2D eigenvalue weighted by Crippen LogP contribution is -2.40. The minimum atomic E-state index is -0.594. The van der Waals surface area contributed by atoms with Gasteiger partial charge in [-0.15, -0.1) is 6.42 Å². The van der Waals surface area contributed by atoms with Gasteiger partial charge in [0.15, 0.2) is 0 Å². The molecule has 1 heterocycles. The van der Waals surface area contributed by atoms with Gasteiger partial charge in [-0.25, -0.2) is 0 Å². The Morgan fingerprint density at radius 1 is 1.50 bits per heavy atom. The first kappa shape index (κ1) is 14.7. The molecule has 0 amide bonds. The molecule has 1 rings (SSSR count). The van der Waals surface area contributed by atoms with E-state index in [2.05, 4.69) is 15.9 Å². The minimum Gasteiger partial charge on any atom is -0.389 e. The van der Waals surface area contributed by atoms with Crippen molar-refractivity contribution in [2.24, 2.45) is 0 Å². The summed E-state index contributed by atoms with van der Waals surface area (Å²) in [5.74, 6) is 2.55. The lowest BCUT2D eigenvalue weighted by Gasteiger charge is -2.30. The molecule has 0 spiro atoms. The molecule has 0 fully saturated rings. The largest absolute Gasteiger partial charge is 0.389 e. The highest BCUT2D eigenvalue weighted by Crippen LogP contribution is 2.16. The molecule has 0 saturated heterocycles. The Morgan fingerprint density at radius 2 is 2.17 bits per heavy atom. The molecule has 0 unspecified atom stereocenters. The zero-order valence-electron chi connectivity index (χ0n) is 11.6. The van der Waals surface area contributed by atoms with Gasteiger partial charge in [-0.05, 0) is 19.9 Å². The number of likely N-dealkylation sites (N-methyl/N-ethyl adjacent to an activating group) is 1. The van der Waals surface area contributed by atoms with Crippen molar-refractivity contribution < 1.29 is 5.11 Å². The van der Waals surface area contributed by atoms with Crippen LogP contribution in [0.3, 0.4) is 0 Å². The number of hydrogen-bond acceptors (Lipinski definition) is 3. The summed E-state index contributed by atoms with van der Waals surface area (Å²) in [5.41, 5.74) is 0.520. The van der Waals surface area contributed by atoms with E-state index < -0.39 is 5.60 Å². The van der Waals surface area contributed by atoms with Crippen molar-refractivity contribution in [1.29, 1.82) is 0 Å². The maximum Gasteiger partial charge on any atom is 0.101 e. The van der Waals surface area contributed by atoms with Crippen LogP contribution >= 0.6 is 0 Å². The molecule has 0 aromatic carbocycles.